The minimum Gasteiger partial charge on any atom is -0.395 e. The Morgan fingerprint density at radius 1 is 1.10 bits per heavy atom. The lowest BCUT2D eigenvalue weighted by Gasteiger charge is -2.35. The molecule has 0 radical (unpaired) electrons. The Morgan fingerprint density at radius 2 is 1.95 bits per heavy atom. The van der Waals surface area contributed by atoms with Gasteiger partial charge in [0.15, 0.2) is 0 Å². The average Bonchev–Trinajstić information content (AvgIpc) is 2.54. The fourth-order valence-corrected chi connectivity index (χ4v) is 4.32. The van der Waals surface area contributed by atoms with Crippen molar-refractivity contribution in [3.8, 4) is 0 Å². The molecule has 1 aromatic carbocycles. The molecule has 0 amide bonds. The van der Waals surface area contributed by atoms with E-state index >= 15 is 0 Å². The molecule has 0 saturated heterocycles. The summed E-state index contributed by atoms with van der Waals surface area (Å²) in [4.78, 5) is 4.15. The van der Waals surface area contributed by atoms with E-state index in [-0.39, 0.29) is 4.75 Å². The summed E-state index contributed by atoms with van der Waals surface area (Å²) in [6, 6.07) is 8.64. The van der Waals surface area contributed by atoms with Gasteiger partial charge in [0.2, 0.25) is 0 Å². The van der Waals surface area contributed by atoms with Gasteiger partial charge < -0.3 is 5.11 Å². The fourth-order valence-electron chi connectivity index (χ4n) is 3.00. The number of benzene rings is 1. The standard InChI is InChI=1S/C17H21NOS/c19-13-17(7-2-1-3-8-17)20-12-14-4-5-16-11-18-9-6-15(16)10-14/h4-6,9-11,19H,1-3,7-8,12-13H2. The van der Waals surface area contributed by atoms with Gasteiger partial charge in [-0.1, -0.05) is 37.5 Å². The third-order valence-electron chi connectivity index (χ3n) is 4.30. The van der Waals surface area contributed by atoms with E-state index in [1.54, 1.807) is 0 Å². The maximum absolute atomic E-state index is 9.76. The Hall–Kier alpha value is -1.06. The number of pyridine rings is 1. The average molecular weight is 287 g/mol. The van der Waals surface area contributed by atoms with E-state index in [4.69, 9.17) is 0 Å². The van der Waals surface area contributed by atoms with Crippen molar-refractivity contribution in [2.45, 2.75) is 42.6 Å². The maximum Gasteiger partial charge on any atom is 0.0578 e. The summed E-state index contributed by atoms with van der Waals surface area (Å²) in [5.74, 6) is 0.985. The van der Waals surface area contributed by atoms with Crippen LogP contribution < -0.4 is 0 Å². The van der Waals surface area contributed by atoms with Gasteiger partial charge in [-0.05, 0) is 29.9 Å². The second kappa shape index (κ2) is 6.15. The summed E-state index contributed by atoms with van der Waals surface area (Å²) in [5.41, 5.74) is 1.34. The zero-order valence-corrected chi connectivity index (χ0v) is 12.5. The van der Waals surface area contributed by atoms with Crippen molar-refractivity contribution in [1.29, 1.82) is 0 Å². The summed E-state index contributed by atoms with van der Waals surface area (Å²) in [7, 11) is 0. The molecule has 106 valence electrons. The molecule has 1 heterocycles. The molecule has 0 aliphatic heterocycles. The van der Waals surface area contributed by atoms with Crippen molar-refractivity contribution >= 4 is 22.5 Å². The highest BCUT2D eigenvalue weighted by Gasteiger charge is 2.31. The highest BCUT2D eigenvalue weighted by Crippen LogP contribution is 2.41. The maximum atomic E-state index is 9.76. The van der Waals surface area contributed by atoms with E-state index in [1.165, 1.54) is 35.6 Å². The Labute approximate surface area is 124 Å². The molecule has 20 heavy (non-hydrogen) atoms. The summed E-state index contributed by atoms with van der Waals surface area (Å²) >= 11 is 1.94. The smallest absolute Gasteiger partial charge is 0.0578 e. The van der Waals surface area contributed by atoms with E-state index in [0.717, 1.165) is 18.6 Å². The van der Waals surface area contributed by atoms with Crippen molar-refractivity contribution in [2.75, 3.05) is 6.61 Å². The van der Waals surface area contributed by atoms with Crippen LogP contribution in [0.25, 0.3) is 10.8 Å². The molecule has 0 bridgehead atoms. The lowest BCUT2D eigenvalue weighted by atomic mass is 9.89. The van der Waals surface area contributed by atoms with E-state index in [1.807, 2.05) is 24.2 Å². The number of aromatic nitrogens is 1. The van der Waals surface area contributed by atoms with Crippen LogP contribution in [0.1, 0.15) is 37.7 Å². The number of aliphatic hydroxyl groups excluding tert-OH is 1. The molecule has 1 N–H and O–H groups in total. The predicted octanol–water partition coefficient (Wildman–Crippen LogP) is 4.16. The normalized spacial score (nSPS) is 18.2. The van der Waals surface area contributed by atoms with Gasteiger partial charge in [0.25, 0.3) is 0 Å². The van der Waals surface area contributed by atoms with Crippen molar-refractivity contribution in [3.05, 3.63) is 42.2 Å². The van der Waals surface area contributed by atoms with Gasteiger partial charge in [-0.2, -0.15) is 0 Å². The molecular formula is C17H21NOS. The minimum atomic E-state index is 0.103. The largest absolute Gasteiger partial charge is 0.395 e. The van der Waals surface area contributed by atoms with Crippen LogP contribution >= 0.6 is 11.8 Å². The van der Waals surface area contributed by atoms with Gasteiger partial charge in [0, 0.05) is 28.3 Å². The topological polar surface area (TPSA) is 33.1 Å². The zero-order chi connectivity index (χ0) is 13.8. The molecule has 1 saturated carbocycles. The number of hydrogen-bond acceptors (Lipinski definition) is 3. The van der Waals surface area contributed by atoms with Crippen LogP contribution in [0, 0.1) is 0 Å². The first kappa shape index (κ1) is 13.9. The van der Waals surface area contributed by atoms with Crippen LogP contribution in [-0.2, 0) is 5.75 Å². The van der Waals surface area contributed by atoms with Crippen molar-refractivity contribution < 1.29 is 5.11 Å². The van der Waals surface area contributed by atoms with Crippen LogP contribution in [-0.4, -0.2) is 21.4 Å². The molecule has 2 nitrogen and oxygen atoms in total. The fraction of sp³-hybridized carbons (Fsp3) is 0.471. The molecule has 1 fully saturated rings. The van der Waals surface area contributed by atoms with Gasteiger partial charge >= 0.3 is 0 Å². The first-order chi connectivity index (χ1) is 9.81. The van der Waals surface area contributed by atoms with E-state index < -0.39 is 0 Å². The number of nitrogens with zero attached hydrogens (tertiary/aromatic N) is 1. The molecule has 1 aromatic heterocycles. The van der Waals surface area contributed by atoms with E-state index in [0.29, 0.717) is 6.61 Å². The molecule has 1 aliphatic rings. The second-order valence-electron chi connectivity index (χ2n) is 5.75. The summed E-state index contributed by atoms with van der Waals surface area (Å²) in [5, 5.41) is 12.2. The lowest BCUT2D eigenvalue weighted by Crippen LogP contribution is -2.32. The number of rotatable bonds is 4. The second-order valence-corrected chi connectivity index (χ2v) is 7.19. The Bertz CT molecular complexity index is 578. The third kappa shape index (κ3) is 2.99. The Kier molecular flexibility index (Phi) is 4.27. The van der Waals surface area contributed by atoms with Crippen LogP contribution in [0.3, 0.4) is 0 Å². The number of aliphatic hydroxyl groups is 1. The van der Waals surface area contributed by atoms with Crippen molar-refractivity contribution in [1.82, 2.24) is 4.98 Å². The molecule has 0 spiro atoms. The zero-order valence-electron chi connectivity index (χ0n) is 11.7. The first-order valence-corrected chi connectivity index (χ1v) is 8.37. The van der Waals surface area contributed by atoms with Gasteiger partial charge in [-0.3, -0.25) is 4.98 Å². The molecule has 1 aliphatic carbocycles. The van der Waals surface area contributed by atoms with Gasteiger partial charge in [0.1, 0.15) is 0 Å². The summed E-state index contributed by atoms with van der Waals surface area (Å²) in [6.07, 6.45) is 9.91. The van der Waals surface area contributed by atoms with Gasteiger partial charge in [0.05, 0.1) is 6.61 Å². The number of fused-ring (bicyclic) bond motifs is 1. The van der Waals surface area contributed by atoms with E-state index in [2.05, 4.69) is 29.2 Å². The van der Waals surface area contributed by atoms with E-state index in [9.17, 15) is 5.11 Å². The first-order valence-electron chi connectivity index (χ1n) is 7.39. The predicted molar refractivity (Wildman–Crippen MR) is 85.9 cm³/mol. The molecule has 3 heteroatoms. The lowest BCUT2D eigenvalue weighted by molar-refractivity contribution is 0.214. The number of thioether (sulfide) groups is 1. The summed E-state index contributed by atoms with van der Waals surface area (Å²) in [6.45, 7) is 0.315. The van der Waals surface area contributed by atoms with Crippen molar-refractivity contribution in [2.24, 2.45) is 0 Å². The highest BCUT2D eigenvalue weighted by atomic mass is 32.2. The molecule has 0 atom stereocenters. The molecule has 0 unspecified atom stereocenters. The molecule has 2 aromatic rings. The van der Waals surface area contributed by atoms with Crippen molar-refractivity contribution in [3.63, 3.8) is 0 Å². The third-order valence-corrected chi connectivity index (χ3v) is 5.93. The Morgan fingerprint density at radius 3 is 2.75 bits per heavy atom. The van der Waals surface area contributed by atoms with Crippen LogP contribution in [0.4, 0.5) is 0 Å². The van der Waals surface area contributed by atoms with Gasteiger partial charge in [-0.25, -0.2) is 0 Å². The van der Waals surface area contributed by atoms with Crippen LogP contribution in [0.2, 0.25) is 0 Å². The SMILES string of the molecule is OCC1(SCc2ccc3cnccc3c2)CCCCC1. The Balaban J connectivity index is 1.72. The highest BCUT2D eigenvalue weighted by molar-refractivity contribution is 7.99. The monoisotopic (exact) mass is 287 g/mol. The van der Waals surface area contributed by atoms with Crippen LogP contribution in [0.15, 0.2) is 36.7 Å². The molecule has 3 rings (SSSR count). The molecular weight excluding hydrogens is 266 g/mol. The number of hydrogen-bond donors (Lipinski definition) is 1. The van der Waals surface area contributed by atoms with Gasteiger partial charge in [-0.15, -0.1) is 11.8 Å². The minimum absolute atomic E-state index is 0.103. The summed E-state index contributed by atoms with van der Waals surface area (Å²) < 4.78 is 0.103. The quantitative estimate of drug-likeness (QED) is 0.916. The van der Waals surface area contributed by atoms with Crippen LogP contribution in [0.5, 0.6) is 0 Å².